The van der Waals surface area contributed by atoms with Crippen molar-refractivity contribution in [1.29, 1.82) is 0 Å². The second-order valence-corrected chi connectivity index (χ2v) is 10.6. The van der Waals surface area contributed by atoms with E-state index < -0.39 is 0 Å². The van der Waals surface area contributed by atoms with Gasteiger partial charge in [0, 0.05) is 47.5 Å². The van der Waals surface area contributed by atoms with Crippen molar-refractivity contribution < 1.29 is 9.59 Å². The van der Waals surface area contributed by atoms with Crippen LogP contribution in [0.15, 0.2) is 54.7 Å². The molecule has 1 saturated heterocycles. The van der Waals surface area contributed by atoms with Gasteiger partial charge in [0.05, 0.1) is 5.02 Å². The molecule has 2 aromatic carbocycles. The van der Waals surface area contributed by atoms with Gasteiger partial charge in [-0.15, -0.1) is 12.4 Å². The number of hydrogen-bond donors (Lipinski definition) is 2. The second kappa shape index (κ2) is 12.8. The van der Waals surface area contributed by atoms with Crippen molar-refractivity contribution in [3.8, 4) is 0 Å². The number of carbonyl (C=O) groups is 2. The molecule has 1 saturated carbocycles. The fourth-order valence-electron chi connectivity index (χ4n) is 5.53. The first-order chi connectivity index (χ1) is 17.6. The van der Waals surface area contributed by atoms with Crippen LogP contribution in [0.3, 0.4) is 0 Å². The zero-order valence-corrected chi connectivity index (χ0v) is 22.7. The Morgan fingerprint density at radius 2 is 1.73 bits per heavy atom. The molecular formula is C29H36Cl2N4O2. The van der Waals surface area contributed by atoms with E-state index in [1.807, 2.05) is 41.3 Å². The van der Waals surface area contributed by atoms with Crippen molar-refractivity contribution >= 4 is 52.4 Å². The average molecular weight is 544 g/mol. The first-order valence-corrected chi connectivity index (χ1v) is 13.6. The number of hydrogen-bond acceptors (Lipinski definition) is 3. The highest BCUT2D eigenvalue weighted by molar-refractivity contribution is 6.35. The van der Waals surface area contributed by atoms with E-state index in [4.69, 9.17) is 11.6 Å². The molecule has 5 rings (SSSR count). The quantitative estimate of drug-likeness (QED) is 0.381. The summed E-state index contributed by atoms with van der Waals surface area (Å²) < 4.78 is 0. The van der Waals surface area contributed by atoms with E-state index in [-0.39, 0.29) is 30.8 Å². The van der Waals surface area contributed by atoms with Crippen molar-refractivity contribution in [1.82, 2.24) is 15.2 Å². The third kappa shape index (κ3) is 6.67. The number of benzene rings is 2. The van der Waals surface area contributed by atoms with Crippen molar-refractivity contribution in [2.45, 2.75) is 51.0 Å². The number of carbonyl (C=O) groups excluding carboxylic acids is 2. The molecule has 2 N–H and O–H groups in total. The number of halogens is 2. The summed E-state index contributed by atoms with van der Waals surface area (Å²) in [4.78, 5) is 33.6. The van der Waals surface area contributed by atoms with Crippen LogP contribution >= 0.6 is 24.0 Å². The molecule has 2 aliphatic rings. The number of likely N-dealkylation sites (tertiary alicyclic amines) is 1. The second-order valence-electron chi connectivity index (χ2n) is 10.2. The molecule has 0 spiro atoms. The van der Waals surface area contributed by atoms with Crippen LogP contribution in [0, 0.1) is 5.92 Å². The fourth-order valence-corrected chi connectivity index (χ4v) is 5.75. The van der Waals surface area contributed by atoms with Crippen LogP contribution in [-0.4, -0.2) is 53.9 Å². The average Bonchev–Trinajstić information content (AvgIpc) is 3.31. The Hall–Kier alpha value is -2.54. The van der Waals surface area contributed by atoms with E-state index >= 15 is 0 Å². The number of piperidine rings is 1. The van der Waals surface area contributed by atoms with Crippen LogP contribution in [0.4, 0.5) is 5.69 Å². The van der Waals surface area contributed by atoms with Crippen LogP contribution in [0.2, 0.25) is 5.02 Å². The summed E-state index contributed by atoms with van der Waals surface area (Å²) in [5, 5.41) is 5.26. The number of amides is 2. The summed E-state index contributed by atoms with van der Waals surface area (Å²) >= 11 is 6.21. The molecular weight excluding hydrogens is 507 g/mol. The molecule has 198 valence electrons. The number of H-pyrrole nitrogens is 1. The normalized spacial score (nSPS) is 16.9. The van der Waals surface area contributed by atoms with Gasteiger partial charge in [0.25, 0.3) is 5.91 Å². The van der Waals surface area contributed by atoms with Crippen LogP contribution < -0.4 is 10.2 Å². The lowest BCUT2D eigenvalue weighted by molar-refractivity contribution is -0.131. The number of fused-ring (bicyclic) bond motifs is 1. The van der Waals surface area contributed by atoms with Gasteiger partial charge < -0.3 is 15.2 Å². The summed E-state index contributed by atoms with van der Waals surface area (Å²) in [7, 11) is 0. The molecule has 0 radical (unpaired) electrons. The molecule has 2 fully saturated rings. The summed E-state index contributed by atoms with van der Waals surface area (Å²) in [6, 6.07) is 15.5. The first-order valence-electron chi connectivity index (χ1n) is 13.2. The van der Waals surface area contributed by atoms with Gasteiger partial charge in [0.15, 0.2) is 0 Å². The van der Waals surface area contributed by atoms with Crippen LogP contribution in [-0.2, 0) is 4.79 Å². The van der Waals surface area contributed by atoms with E-state index in [0.717, 1.165) is 43.4 Å². The van der Waals surface area contributed by atoms with Gasteiger partial charge >= 0.3 is 0 Å². The molecule has 0 bridgehead atoms. The van der Waals surface area contributed by atoms with Crippen LogP contribution in [0.1, 0.15) is 55.3 Å². The van der Waals surface area contributed by atoms with Gasteiger partial charge in [0.2, 0.25) is 5.91 Å². The molecule has 1 aliphatic carbocycles. The molecule has 2 heterocycles. The zero-order valence-electron chi connectivity index (χ0n) is 21.1. The molecule has 1 aromatic heterocycles. The molecule has 1 aliphatic heterocycles. The lowest BCUT2D eigenvalue weighted by Crippen LogP contribution is -2.47. The standard InChI is InChI=1S/C29H35ClN4O2.ClH/c30-26-19-32-27-17-22(11-12-25(26)27)29(36)34(24-9-5-2-6-10-24)20-28(35)33-15-13-21(14-16-33)18-31-23-7-3-1-4-8-23;/h2,5-6,9-12,17,19,21,23,31-32H,1,3-4,7-8,13-16,18,20H2;1H. The summed E-state index contributed by atoms with van der Waals surface area (Å²) in [5.41, 5.74) is 2.03. The third-order valence-corrected chi connectivity index (χ3v) is 8.06. The van der Waals surface area contributed by atoms with E-state index in [1.165, 1.54) is 32.1 Å². The minimum Gasteiger partial charge on any atom is -0.360 e. The van der Waals surface area contributed by atoms with Gasteiger partial charge in [-0.3, -0.25) is 14.5 Å². The molecule has 2 amide bonds. The minimum atomic E-state index is -0.200. The van der Waals surface area contributed by atoms with Crippen LogP contribution in [0.5, 0.6) is 0 Å². The Bertz CT molecular complexity index is 1190. The summed E-state index contributed by atoms with van der Waals surface area (Å²) in [6.45, 7) is 2.57. The van der Waals surface area contributed by atoms with E-state index in [0.29, 0.717) is 28.2 Å². The third-order valence-electron chi connectivity index (χ3n) is 7.75. The maximum Gasteiger partial charge on any atom is 0.258 e. The predicted molar refractivity (Wildman–Crippen MR) is 153 cm³/mol. The predicted octanol–water partition coefficient (Wildman–Crippen LogP) is 6.05. The molecule has 8 heteroatoms. The first kappa shape index (κ1) is 27.5. The van der Waals surface area contributed by atoms with Crippen molar-refractivity contribution in [3.05, 3.63) is 65.3 Å². The molecule has 3 aromatic rings. The summed E-state index contributed by atoms with van der Waals surface area (Å²) in [6.07, 6.45) is 10.4. The smallest absolute Gasteiger partial charge is 0.258 e. The maximum absolute atomic E-state index is 13.6. The number of aromatic amines is 1. The molecule has 0 unspecified atom stereocenters. The molecule has 6 nitrogen and oxygen atoms in total. The van der Waals surface area contributed by atoms with Gasteiger partial charge in [-0.25, -0.2) is 0 Å². The Labute approximate surface area is 230 Å². The van der Waals surface area contributed by atoms with Crippen molar-refractivity contribution in [2.24, 2.45) is 5.92 Å². The van der Waals surface area contributed by atoms with Gasteiger partial charge in [-0.2, -0.15) is 0 Å². The van der Waals surface area contributed by atoms with Gasteiger partial charge in [-0.1, -0.05) is 55.1 Å². The Morgan fingerprint density at radius 3 is 2.46 bits per heavy atom. The van der Waals surface area contributed by atoms with E-state index in [1.54, 1.807) is 23.2 Å². The number of anilines is 1. The Balaban J connectivity index is 0.00000320. The lowest BCUT2D eigenvalue weighted by atomic mass is 9.93. The highest BCUT2D eigenvalue weighted by Crippen LogP contribution is 2.26. The number of nitrogens with zero attached hydrogens (tertiary/aromatic N) is 2. The number of nitrogens with one attached hydrogen (secondary N) is 2. The molecule has 37 heavy (non-hydrogen) atoms. The largest absolute Gasteiger partial charge is 0.360 e. The fraction of sp³-hybridized carbons (Fsp3) is 0.448. The Morgan fingerprint density at radius 1 is 1.00 bits per heavy atom. The number of rotatable bonds is 7. The monoisotopic (exact) mass is 542 g/mol. The highest BCUT2D eigenvalue weighted by atomic mass is 35.5. The number of aromatic nitrogens is 1. The van der Waals surface area contributed by atoms with E-state index in [9.17, 15) is 9.59 Å². The summed E-state index contributed by atoms with van der Waals surface area (Å²) in [5.74, 6) is 0.408. The number of para-hydroxylation sites is 1. The molecule has 0 atom stereocenters. The van der Waals surface area contributed by atoms with E-state index in [2.05, 4.69) is 10.3 Å². The lowest BCUT2D eigenvalue weighted by Gasteiger charge is -2.34. The maximum atomic E-state index is 13.6. The van der Waals surface area contributed by atoms with Gasteiger partial charge in [0.1, 0.15) is 6.54 Å². The highest BCUT2D eigenvalue weighted by Gasteiger charge is 2.27. The minimum absolute atomic E-state index is 0. The Kier molecular flexibility index (Phi) is 9.52. The van der Waals surface area contributed by atoms with Crippen molar-refractivity contribution in [3.63, 3.8) is 0 Å². The van der Waals surface area contributed by atoms with Crippen molar-refractivity contribution in [2.75, 3.05) is 31.1 Å². The van der Waals surface area contributed by atoms with Crippen LogP contribution in [0.25, 0.3) is 10.9 Å². The zero-order chi connectivity index (χ0) is 24.9. The topological polar surface area (TPSA) is 68.4 Å². The van der Waals surface area contributed by atoms with Gasteiger partial charge in [-0.05, 0) is 62.4 Å². The SMILES string of the molecule is Cl.O=C(CN(C(=O)c1ccc2c(Cl)c[nH]c2c1)c1ccccc1)N1CCC(CNC2CCCCC2)CC1.